The van der Waals surface area contributed by atoms with Gasteiger partial charge >= 0.3 is 17.9 Å². The Hall–Kier alpha value is -3.16. The molecule has 36 heavy (non-hydrogen) atoms. The van der Waals surface area contributed by atoms with Crippen LogP contribution in [0.4, 0.5) is 0 Å². The second kappa shape index (κ2) is 13.8. The molecule has 2 rings (SSSR count). The summed E-state index contributed by atoms with van der Waals surface area (Å²) in [7, 11) is 1.54. The number of allylic oxidation sites excluding steroid dienone is 2. The number of Topliss-reactive ketones (excluding diaryl/α,β-unsaturated/α-hetero) is 1. The Bertz CT molecular complexity index is 1020. The van der Waals surface area contributed by atoms with Crippen LogP contribution in [0.3, 0.4) is 0 Å². The molecule has 8 heteroatoms. The van der Waals surface area contributed by atoms with Crippen molar-refractivity contribution in [3.8, 4) is 11.5 Å². The summed E-state index contributed by atoms with van der Waals surface area (Å²) in [5.41, 5.74) is 3.27. The molecule has 0 bridgehead atoms. The summed E-state index contributed by atoms with van der Waals surface area (Å²) in [6, 6.07) is 0. The Morgan fingerprint density at radius 3 is 2.47 bits per heavy atom. The summed E-state index contributed by atoms with van der Waals surface area (Å²) in [5.74, 6) is -0.924. The molecule has 1 heterocycles. The molecule has 0 spiro atoms. The molecule has 0 aliphatic carbocycles. The van der Waals surface area contributed by atoms with Crippen molar-refractivity contribution in [1.82, 2.24) is 0 Å². The molecule has 1 aliphatic heterocycles. The monoisotopic (exact) mass is 502 g/mol. The smallest absolute Gasteiger partial charge is 0.342 e. The third-order valence-corrected chi connectivity index (χ3v) is 6.26. The lowest BCUT2D eigenvalue weighted by Gasteiger charge is -2.20. The van der Waals surface area contributed by atoms with Crippen molar-refractivity contribution in [3.05, 3.63) is 33.9 Å². The first-order valence-electron chi connectivity index (χ1n) is 12.5. The Labute approximate surface area is 213 Å². The Morgan fingerprint density at radius 1 is 1.11 bits per heavy atom. The Balaban J connectivity index is 2.28. The molecule has 0 saturated carbocycles. The zero-order valence-corrected chi connectivity index (χ0v) is 22.3. The first-order valence-corrected chi connectivity index (χ1v) is 12.5. The molecule has 0 radical (unpaired) electrons. The minimum absolute atomic E-state index is 0.0906. The van der Waals surface area contributed by atoms with Gasteiger partial charge < -0.3 is 23.7 Å². The minimum atomic E-state index is -0.535. The zero-order chi connectivity index (χ0) is 26.8. The predicted octanol–water partition coefficient (Wildman–Crippen LogP) is 5.20. The molecular weight excluding hydrogens is 464 g/mol. The van der Waals surface area contributed by atoms with Crippen LogP contribution in [0.2, 0.25) is 0 Å². The maximum absolute atomic E-state index is 13.0. The van der Waals surface area contributed by atoms with Crippen LogP contribution in [0.15, 0.2) is 11.6 Å². The number of benzene rings is 1. The van der Waals surface area contributed by atoms with E-state index in [4.69, 9.17) is 18.9 Å². The van der Waals surface area contributed by atoms with Gasteiger partial charge in [-0.25, -0.2) is 4.79 Å². The van der Waals surface area contributed by atoms with E-state index in [1.165, 1.54) is 7.11 Å². The highest BCUT2D eigenvalue weighted by Gasteiger charge is 2.34. The van der Waals surface area contributed by atoms with E-state index in [-0.39, 0.29) is 36.3 Å². The third kappa shape index (κ3) is 7.67. The van der Waals surface area contributed by atoms with E-state index in [2.05, 4.69) is 0 Å². The van der Waals surface area contributed by atoms with Crippen molar-refractivity contribution >= 4 is 23.7 Å². The van der Waals surface area contributed by atoms with Gasteiger partial charge in [0.15, 0.2) is 5.75 Å². The van der Waals surface area contributed by atoms with Crippen LogP contribution < -0.4 is 9.47 Å². The van der Waals surface area contributed by atoms with Gasteiger partial charge in [0.2, 0.25) is 0 Å². The first-order chi connectivity index (χ1) is 17.1. The van der Waals surface area contributed by atoms with Crippen LogP contribution in [0, 0.1) is 12.8 Å². The van der Waals surface area contributed by atoms with E-state index in [1.807, 2.05) is 26.8 Å². The van der Waals surface area contributed by atoms with E-state index >= 15 is 0 Å². The number of ether oxygens (including phenoxy) is 4. The van der Waals surface area contributed by atoms with Crippen molar-refractivity contribution < 1.29 is 38.1 Å². The molecule has 1 unspecified atom stereocenters. The second-order valence-electron chi connectivity index (χ2n) is 9.29. The van der Waals surface area contributed by atoms with E-state index in [0.717, 1.165) is 17.6 Å². The molecule has 0 fully saturated rings. The predicted molar refractivity (Wildman–Crippen MR) is 134 cm³/mol. The average molecular weight is 503 g/mol. The molecular formula is C28H38O8. The third-order valence-electron chi connectivity index (χ3n) is 6.26. The highest BCUT2D eigenvalue weighted by molar-refractivity contribution is 5.99. The summed E-state index contributed by atoms with van der Waals surface area (Å²) in [5, 5.41) is 0. The molecule has 0 aromatic heterocycles. The maximum atomic E-state index is 13.0. The van der Waals surface area contributed by atoms with Crippen molar-refractivity contribution in [3.63, 3.8) is 0 Å². The van der Waals surface area contributed by atoms with Crippen molar-refractivity contribution in [2.45, 2.75) is 86.2 Å². The van der Waals surface area contributed by atoms with Gasteiger partial charge in [-0.05, 0) is 58.4 Å². The van der Waals surface area contributed by atoms with Gasteiger partial charge in [0.1, 0.15) is 23.7 Å². The van der Waals surface area contributed by atoms with Gasteiger partial charge in [-0.1, -0.05) is 25.5 Å². The maximum Gasteiger partial charge on any atom is 0.342 e. The van der Waals surface area contributed by atoms with Gasteiger partial charge in [0.05, 0.1) is 19.6 Å². The molecule has 1 aromatic carbocycles. The van der Waals surface area contributed by atoms with Crippen molar-refractivity contribution in [2.24, 2.45) is 5.92 Å². The second-order valence-corrected chi connectivity index (χ2v) is 9.29. The number of hydrogen-bond acceptors (Lipinski definition) is 8. The molecule has 198 valence electrons. The van der Waals surface area contributed by atoms with Gasteiger partial charge in [-0.2, -0.15) is 0 Å². The zero-order valence-electron chi connectivity index (χ0n) is 22.3. The van der Waals surface area contributed by atoms with Crippen LogP contribution in [-0.2, 0) is 36.9 Å². The lowest BCUT2D eigenvalue weighted by atomic mass is 9.94. The lowest BCUT2D eigenvalue weighted by Crippen LogP contribution is -2.21. The largest absolute Gasteiger partial charge is 0.496 e. The van der Waals surface area contributed by atoms with Gasteiger partial charge in [0.25, 0.3) is 0 Å². The number of cyclic esters (lactones) is 1. The molecule has 8 nitrogen and oxygen atoms in total. The lowest BCUT2D eigenvalue weighted by molar-refractivity contribution is -0.143. The fourth-order valence-electron chi connectivity index (χ4n) is 4.04. The molecule has 1 aliphatic rings. The molecule has 0 saturated heterocycles. The Morgan fingerprint density at radius 2 is 1.83 bits per heavy atom. The summed E-state index contributed by atoms with van der Waals surface area (Å²) in [4.78, 5) is 48.5. The minimum Gasteiger partial charge on any atom is -0.496 e. The number of methoxy groups -OCH3 is 1. The van der Waals surface area contributed by atoms with E-state index in [1.54, 1.807) is 13.8 Å². The van der Waals surface area contributed by atoms with Crippen molar-refractivity contribution in [1.29, 1.82) is 0 Å². The number of ketones is 1. The van der Waals surface area contributed by atoms with Gasteiger partial charge in [0, 0.05) is 24.0 Å². The number of carbonyl (C=O) groups is 4. The quantitative estimate of drug-likeness (QED) is 0.148. The molecule has 1 atom stereocenters. The summed E-state index contributed by atoms with van der Waals surface area (Å²) >= 11 is 0. The average Bonchev–Trinajstić information content (AvgIpc) is 3.22. The fraction of sp³-hybridized carbons (Fsp3) is 0.571. The first kappa shape index (κ1) is 29.1. The highest BCUT2D eigenvalue weighted by Crippen LogP contribution is 2.43. The number of hydrogen-bond donors (Lipinski definition) is 0. The van der Waals surface area contributed by atoms with Crippen molar-refractivity contribution in [2.75, 3.05) is 13.7 Å². The molecule has 0 amide bonds. The van der Waals surface area contributed by atoms with Crippen LogP contribution >= 0.6 is 0 Å². The summed E-state index contributed by atoms with van der Waals surface area (Å²) < 4.78 is 22.0. The van der Waals surface area contributed by atoms with Gasteiger partial charge in [-0.15, -0.1) is 0 Å². The highest BCUT2D eigenvalue weighted by atomic mass is 16.6. The van der Waals surface area contributed by atoms with Gasteiger partial charge in [-0.3, -0.25) is 9.59 Å². The van der Waals surface area contributed by atoms with E-state index in [9.17, 15) is 19.2 Å². The van der Waals surface area contributed by atoms with Crippen LogP contribution in [-0.4, -0.2) is 37.4 Å². The topological polar surface area (TPSA) is 105 Å². The standard InChI is InChI=1S/C28H38O8/c1-7-9-23(30)34-15-8-10-18(3)27(31)36-26-21(14-12-17(2)11-13-19(4)29)25(33-6)20(5)22-16-35-28(32)24(22)26/h12,18H,7-11,13-16H2,1-6H3/b17-12+. The normalized spacial score (nSPS) is 13.6. The molecule has 0 N–H and O–H groups in total. The summed E-state index contributed by atoms with van der Waals surface area (Å²) in [6.07, 6.45) is 5.47. The number of esters is 3. The number of carbonyl (C=O) groups excluding carboxylic acids is 4. The SMILES string of the molecule is CCCC(=O)OCCCC(C)C(=O)Oc1c(C/C=C(\C)CCC(C)=O)c(OC)c(C)c2c1C(=O)OC2. The summed E-state index contributed by atoms with van der Waals surface area (Å²) in [6.45, 7) is 9.32. The van der Waals surface area contributed by atoms with E-state index < -0.39 is 17.9 Å². The van der Waals surface area contributed by atoms with Crippen LogP contribution in [0.5, 0.6) is 11.5 Å². The number of fused-ring (bicyclic) bond motifs is 1. The van der Waals surface area contributed by atoms with E-state index in [0.29, 0.717) is 55.4 Å². The van der Waals surface area contributed by atoms with Crippen LogP contribution in [0.1, 0.15) is 93.3 Å². The number of rotatable bonds is 14. The fourth-order valence-corrected chi connectivity index (χ4v) is 4.04. The molecule has 1 aromatic rings. The van der Waals surface area contributed by atoms with Crippen LogP contribution in [0.25, 0.3) is 0 Å². The Kier molecular flexibility index (Phi) is 11.1.